The number of benzene rings is 2. The number of hydrazine groups is 1. The molecular weight excluding hydrogens is 348 g/mol. The summed E-state index contributed by atoms with van der Waals surface area (Å²) in [7, 11) is 5.05. The van der Waals surface area contributed by atoms with Crippen LogP contribution in [0, 0.1) is 0 Å². The molecule has 0 saturated carbocycles. The summed E-state index contributed by atoms with van der Waals surface area (Å²) < 4.78 is 11.1. The fraction of sp³-hybridized carbons (Fsp3) is 0.263. The minimum absolute atomic E-state index is 0.145. The summed E-state index contributed by atoms with van der Waals surface area (Å²) in [5, 5.41) is 7.00. The van der Waals surface area contributed by atoms with Gasteiger partial charge in [0.25, 0.3) is 0 Å². The quantitative estimate of drug-likeness (QED) is 0.649. The molecule has 0 unspecified atom stereocenters. The first-order chi connectivity index (χ1) is 12.9. The first kappa shape index (κ1) is 20.2. The van der Waals surface area contributed by atoms with E-state index in [0.717, 1.165) is 5.56 Å². The predicted molar refractivity (Wildman–Crippen MR) is 104 cm³/mol. The zero-order valence-electron chi connectivity index (χ0n) is 15.8. The van der Waals surface area contributed by atoms with Crippen LogP contribution in [-0.4, -0.2) is 38.2 Å². The van der Waals surface area contributed by atoms with E-state index in [4.69, 9.17) is 9.47 Å². The third kappa shape index (κ3) is 6.61. The zero-order chi connectivity index (χ0) is 19.8. The van der Waals surface area contributed by atoms with E-state index in [9.17, 15) is 9.59 Å². The molecule has 3 N–H and O–H groups in total. The molecule has 144 valence electrons. The van der Waals surface area contributed by atoms with Crippen molar-refractivity contribution in [3.8, 4) is 11.5 Å². The third-order valence-corrected chi connectivity index (χ3v) is 3.35. The van der Waals surface area contributed by atoms with Gasteiger partial charge in [-0.15, -0.1) is 0 Å². The summed E-state index contributed by atoms with van der Waals surface area (Å²) in [5.41, 5.74) is 4.71. The maximum Gasteiger partial charge on any atom is 0.333 e. The van der Waals surface area contributed by atoms with Gasteiger partial charge >= 0.3 is 6.03 Å². The molecule has 0 aliphatic heterocycles. The SMILES string of the molecule is COCc1cc(NC(C)=O)ccc1Oc1ccc(NC(=O)NN(C)C)cc1. The number of amides is 3. The molecule has 0 radical (unpaired) electrons. The summed E-state index contributed by atoms with van der Waals surface area (Å²) >= 11 is 0. The van der Waals surface area contributed by atoms with Crippen molar-refractivity contribution in [3.63, 3.8) is 0 Å². The van der Waals surface area contributed by atoms with Gasteiger partial charge in [0.05, 0.1) is 6.61 Å². The molecule has 0 fully saturated rings. The molecule has 2 aromatic carbocycles. The van der Waals surface area contributed by atoms with Crippen LogP contribution in [0.1, 0.15) is 12.5 Å². The van der Waals surface area contributed by atoms with Gasteiger partial charge in [-0.2, -0.15) is 0 Å². The highest BCUT2D eigenvalue weighted by Crippen LogP contribution is 2.29. The van der Waals surface area contributed by atoms with Gasteiger partial charge in [-0.05, 0) is 42.5 Å². The van der Waals surface area contributed by atoms with Crippen LogP contribution in [0.4, 0.5) is 16.2 Å². The van der Waals surface area contributed by atoms with Crippen molar-refractivity contribution in [2.24, 2.45) is 0 Å². The van der Waals surface area contributed by atoms with Crippen LogP contribution >= 0.6 is 0 Å². The summed E-state index contributed by atoms with van der Waals surface area (Å²) in [6, 6.07) is 12.0. The van der Waals surface area contributed by atoms with Gasteiger partial charge in [0.15, 0.2) is 0 Å². The topological polar surface area (TPSA) is 91.9 Å². The monoisotopic (exact) mass is 372 g/mol. The van der Waals surface area contributed by atoms with Crippen LogP contribution in [-0.2, 0) is 16.1 Å². The number of hydrogen-bond acceptors (Lipinski definition) is 5. The van der Waals surface area contributed by atoms with Gasteiger partial charge in [0.1, 0.15) is 11.5 Å². The summed E-state index contributed by atoms with van der Waals surface area (Å²) in [4.78, 5) is 22.9. The molecule has 8 nitrogen and oxygen atoms in total. The second-order valence-corrected chi connectivity index (χ2v) is 6.02. The Labute approximate surface area is 158 Å². The van der Waals surface area contributed by atoms with E-state index in [0.29, 0.717) is 29.5 Å². The zero-order valence-corrected chi connectivity index (χ0v) is 15.8. The molecule has 2 aromatic rings. The highest BCUT2D eigenvalue weighted by Gasteiger charge is 2.08. The lowest BCUT2D eigenvalue weighted by Crippen LogP contribution is -2.39. The van der Waals surface area contributed by atoms with Crippen molar-refractivity contribution in [2.75, 3.05) is 31.8 Å². The van der Waals surface area contributed by atoms with E-state index in [1.165, 1.54) is 6.92 Å². The van der Waals surface area contributed by atoms with E-state index >= 15 is 0 Å². The molecule has 0 aliphatic carbocycles. The lowest BCUT2D eigenvalue weighted by molar-refractivity contribution is -0.114. The number of nitrogens with one attached hydrogen (secondary N) is 3. The largest absolute Gasteiger partial charge is 0.457 e. The number of ether oxygens (including phenoxy) is 2. The van der Waals surface area contributed by atoms with E-state index in [-0.39, 0.29) is 11.9 Å². The average molecular weight is 372 g/mol. The van der Waals surface area contributed by atoms with Crippen molar-refractivity contribution in [1.29, 1.82) is 0 Å². The maximum absolute atomic E-state index is 11.7. The predicted octanol–water partition coefficient (Wildman–Crippen LogP) is 3.18. The Morgan fingerprint density at radius 1 is 1.00 bits per heavy atom. The molecule has 0 saturated heterocycles. The molecule has 0 spiro atoms. The number of urea groups is 1. The summed E-state index contributed by atoms with van der Waals surface area (Å²) in [5.74, 6) is 1.09. The van der Waals surface area contributed by atoms with E-state index in [2.05, 4.69) is 16.1 Å². The Morgan fingerprint density at radius 2 is 1.67 bits per heavy atom. The number of carbonyl (C=O) groups excluding carboxylic acids is 2. The van der Waals surface area contributed by atoms with Crippen LogP contribution in [0.25, 0.3) is 0 Å². The molecule has 0 heterocycles. The molecule has 2 rings (SSSR count). The van der Waals surface area contributed by atoms with Crippen molar-refractivity contribution in [2.45, 2.75) is 13.5 Å². The number of anilines is 2. The number of hydrogen-bond donors (Lipinski definition) is 3. The molecular formula is C19H24N4O4. The first-order valence-electron chi connectivity index (χ1n) is 8.29. The standard InChI is InChI=1S/C19H24N4O4/c1-13(24)20-16-7-10-18(14(11-16)12-26-4)27-17-8-5-15(6-9-17)21-19(25)22-23(2)3/h5-11H,12H2,1-4H3,(H,20,24)(H2,21,22,25). The molecule has 27 heavy (non-hydrogen) atoms. The molecule has 0 bridgehead atoms. The normalized spacial score (nSPS) is 10.4. The highest BCUT2D eigenvalue weighted by atomic mass is 16.5. The fourth-order valence-electron chi connectivity index (χ4n) is 2.32. The van der Waals surface area contributed by atoms with Gasteiger partial charge in [-0.1, -0.05) is 0 Å². The summed E-state index contributed by atoms with van der Waals surface area (Å²) in [6.45, 7) is 1.79. The summed E-state index contributed by atoms with van der Waals surface area (Å²) in [6.07, 6.45) is 0. The number of nitrogens with zero attached hydrogens (tertiary/aromatic N) is 1. The fourth-order valence-corrected chi connectivity index (χ4v) is 2.32. The van der Waals surface area contributed by atoms with Crippen LogP contribution in [0.2, 0.25) is 0 Å². The van der Waals surface area contributed by atoms with Crippen molar-refractivity contribution >= 4 is 23.3 Å². The lowest BCUT2D eigenvalue weighted by Gasteiger charge is -2.14. The van der Waals surface area contributed by atoms with Crippen molar-refractivity contribution in [1.82, 2.24) is 10.4 Å². The molecule has 3 amide bonds. The van der Waals surface area contributed by atoms with E-state index < -0.39 is 0 Å². The van der Waals surface area contributed by atoms with Crippen LogP contribution in [0.3, 0.4) is 0 Å². The Bertz CT molecular complexity index is 791. The molecule has 0 atom stereocenters. The second kappa shape index (κ2) is 9.56. The van der Waals surface area contributed by atoms with Gasteiger partial charge < -0.3 is 20.1 Å². The number of carbonyl (C=O) groups is 2. The third-order valence-electron chi connectivity index (χ3n) is 3.35. The minimum Gasteiger partial charge on any atom is -0.457 e. The Kier molecular flexibility index (Phi) is 7.16. The average Bonchev–Trinajstić information content (AvgIpc) is 2.58. The Hall–Kier alpha value is -3.10. The Morgan fingerprint density at radius 3 is 2.26 bits per heavy atom. The van der Waals surface area contributed by atoms with Crippen LogP contribution in [0.5, 0.6) is 11.5 Å². The van der Waals surface area contributed by atoms with Gasteiger partial charge in [-0.3, -0.25) is 10.2 Å². The first-order valence-corrected chi connectivity index (χ1v) is 8.29. The highest BCUT2D eigenvalue weighted by molar-refractivity contribution is 5.89. The van der Waals surface area contributed by atoms with E-state index in [1.807, 2.05) is 6.07 Å². The number of rotatable bonds is 7. The van der Waals surface area contributed by atoms with E-state index in [1.54, 1.807) is 62.6 Å². The minimum atomic E-state index is -0.329. The molecule has 0 aliphatic rings. The van der Waals surface area contributed by atoms with Gasteiger partial charge in [0, 0.05) is 45.1 Å². The number of methoxy groups -OCH3 is 1. The second-order valence-electron chi connectivity index (χ2n) is 6.02. The van der Waals surface area contributed by atoms with Crippen molar-refractivity contribution < 1.29 is 19.1 Å². The van der Waals surface area contributed by atoms with Gasteiger partial charge in [-0.25, -0.2) is 9.80 Å². The van der Waals surface area contributed by atoms with Crippen LogP contribution in [0.15, 0.2) is 42.5 Å². The Balaban J connectivity index is 2.09. The lowest BCUT2D eigenvalue weighted by atomic mass is 10.2. The van der Waals surface area contributed by atoms with Crippen LogP contribution < -0.4 is 20.8 Å². The molecule has 0 aromatic heterocycles. The smallest absolute Gasteiger partial charge is 0.333 e. The molecule has 8 heteroatoms. The van der Waals surface area contributed by atoms with Crippen molar-refractivity contribution in [3.05, 3.63) is 48.0 Å². The van der Waals surface area contributed by atoms with Gasteiger partial charge in [0.2, 0.25) is 5.91 Å². The maximum atomic E-state index is 11.7.